The predicted molar refractivity (Wildman–Crippen MR) is 77.6 cm³/mol. The minimum atomic E-state index is 0.00445. The Morgan fingerprint density at radius 1 is 1.33 bits per heavy atom. The molecule has 1 unspecified atom stereocenters. The van der Waals surface area contributed by atoms with Crippen LogP contribution in [0.25, 0.3) is 0 Å². The molecule has 3 rings (SSSR count). The van der Waals surface area contributed by atoms with Crippen LogP contribution in [0.2, 0.25) is 0 Å². The van der Waals surface area contributed by atoms with Crippen molar-refractivity contribution in [3.8, 4) is 11.8 Å². The third kappa shape index (κ3) is 3.63. The van der Waals surface area contributed by atoms with E-state index in [1.807, 2.05) is 0 Å². The van der Waals surface area contributed by atoms with Crippen LogP contribution in [0, 0.1) is 0 Å². The van der Waals surface area contributed by atoms with E-state index in [1.54, 1.807) is 6.07 Å². The Kier molecular flexibility index (Phi) is 4.55. The summed E-state index contributed by atoms with van der Waals surface area (Å²) in [6, 6.07) is 1.75. The molecule has 2 aliphatic heterocycles. The highest BCUT2D eigenvalue weighted by atomic mass is 16.6. The fraction of sp³-hybridized carbons (Fsp3) is 0.733. The van der Waals surface area contributed by atoms with Gasteiger partial charge in [-0.15, -0.1) is 0 Å². The van der Waals surface area contributed by atoms with E-state index in [2.05, 4.69) is 22.2 Å². The second kappa shape index (κ2) is 6.58. The van der Waals surface area contributed by atoms with Crippen LogP contribution in [0.15, 0.2) is 12.4 Å². The highest BCUT2D eigenvalue weighted by molar-refractivity contribution is 5.18. The van der Waals surface area contributed by atoms with E-state index in [-0.39, 0.29) is 11.7 Å². The SMILES string of the molecule is CCCOc1cc(OC2COC3(CCNCC3)C2)ncn1. The highest BCUT2D eigenvalue weighted by Gasteiger charge is 2.42. The normalized spacial score (nSPS) is 24.1. The zero-order valence-electron chi connectivity index (χ0n) is 12.5. The maximum absolute atomic E-state index is 6.02. The molecule has 1 N–H and O–H groups in total. The predicted octanol–water partition coefficient (Wildman–Crippen LogP) is 1.56. The molecule has 0 radical (unpaired) electrons. The molecule has 2 aliphatic rings. The number of nitrogens with one attached hydrogen (secondary N) is 1. The van der Waals surface area contributed by atoms with Gasteiger partial charge in [0.05, 0.1) is 24.9 Å². The average molecular weight is 293 g/mol. The molecule has 0 aliphatic carbocycles. The Hall–Kier alpha value is -1.40. The third-order valence-electron chi connectivity index (χ3n) is 4.05. The molecule has 21 heavy (non-hydrogen) atoms. The summed E-state index contributed by atoms with van der Waals surface area (Å²) in [4.78, 5) is 8.25. The molecule has 116 valence electrons. The van der Waals surface area contributed by atoms with Gasteiger partial charge in [0.2, 0.25) is 11.8 Å². The van der Waals surface area contributed by atoms with Crippen LogP contribution >= 0.6 is 0 Å². The van der Waals surface area contributed by atoms with Gasteiger partial charge in [0.1, 0.15) is 12.4 Å². The summed E-state index contributed by atoms with van der Waals surface area (Å²) in [5.74, 6) is 1.13. The van der Waals surface area contributed by atoms with E-state index >= 15 is 0 Å². The number of hydrogen-bond donors (Lipinski definition) is 1. The van der Waals surface area contributed by atoms with Crippen LogP contribution in [0.4, 0.5) is 0 Å². The first-order valence-corrected chi connectivity index (χ1v) is 7.76. The molecule has 6 nitrogen and oxygen atoms in total. The molecule has 2 saturated heterocycles. The quantitative estimate of drug-likeness (QED) is 0.888. The summed E-state index contributed by atoms with van der Waals surface area (Å²) in [5, 5.41) is 3.37. The van der Waals surface area contributed by atoms with Crippen molar-refractivity contribution in [1.82, 2.24) is 15.3 Å². The lowest BCUT2D eigenvalue weighted by Crippen LogP contribution is -2.41. The minimum Gasteiger partial charge on any atom is -0.478 e. The lowest BCUT2D eigenvalue weighted by Gasteiger charge is -2.32. The molecule has 0 saturated carbocycles. The lowest BCUT2D eigenvalue weighted by atomic mass is 9.89. The second-order valence-corrected chi connectivity index (χ2v) is 5.73. The van der Waals surface area contributed by atoms with Crippen molar-refractivity contribution < 1.29 is 14.2 Å². The molecular formula is C15H23N3O3. The molecule has 2 fully saturated rings. The van der Waals surface area contributed by atoms with Gasteiger partial charge in [-0.3, -0.25) is 0 Å². The molecule has 1 aromatic heterocycles. The van der Waals surface area contributed by atoms with Crippen LogP contribution in [-0.2, 0) is 4.74 Å². The second-order valence-electron chi connectivity index (χ2n) is 5.73. The third-order valence-corrected chi connectivity index (χ3v) is 4.05. The zero-order valence-corrected chi connectivity index (χ0v) is 12.5. The van der Waals surface area contributed by atoms with E-state index < -0.39 is 0 Å². The molecule has 1 spiro atoms. The molecule has 6 heteroatoms. The van der Waals surface area contributed by atoms with Crippen LogP contribution in [0.5, 0.6) is 11.8 Å². The summed E-state index contributed by atoms with van der Waals surface area (Å²) in [6.07, 6.45) is 5.55. The van der Waals surface area contributed by atoms with E-state index in [0.29, 0.717) is 25.0 Å². The zero-order chi connectivity index (χ0) is 14.5. The van der Waals surface area contributed by atoms with Crippen molar-refractivity contribution in [2.75, 3.05) is 26.3 Å². The number of aromatic nitrogens is 2. The van der Waals surface area contributed by atoms with Gasteiger partial charge in [-0.25, -0.2) is 9.97 Å². The smallest absolute Gasteiger partial charge is 0.220 e. The van der Waals surface area contributed by atoms with Gasteiger partial charge in [-0.1, -0.05) is 6.92 Å². The standard InChI is InChI=1S/C15H23N3O3/c1-2-7-19-13-8-14(18-11-17-13)21-12-9-15(20-10-12)3-5-16-6-4-15/h8,11-12,16H,2-7,9-10H2,1H3. The maximum Gasteiger partial charge on any atom is 0.220 e. The molecule has 1 aromatic rings. The summed E-state index contributed by atoms with van der Waals surface area (Å²) in [6.45, 7) is 5.39. The van der Waals surface area contributed by atoms with Crippen LogP contribution in [0.3, 0.4) is 0 Å². The fourth-order valence-electron chi connectivity index (χ4n) is 2.95. The van der Waals surface area contributed by atoms with Gasteiger partial charge in [0, 0.05) is 6.42 Å². The Bertz CT molecular complexity index is 463. The van der Waals surface area contributed by atoms with E-state index in [0.717, 1.165) is 38.8 Å². The molecule has 1 atom stereocenters. The first-order valence-electron chi connectivity index (χ1n) is 7.76. The molecule has 0 bridgehead atoms. The highest BCUT2D eigenvalue weighted by Crippen LogP contribution is 2.35. The Labute approximate surface area is 125 Å². The van der Waals surface area contributed by atoms with E-state index in [1.165, 1.54) is 6.33 Å². The van der Waals surface area contributed by atoms with Crippen molar-refractivity contribution in [2.45, 2.75) is 44.3 Å². The number of nitrogens with zero attached hydrogens (tertiary/aromatic N) is 2. The van der Waals surface area contributed by atoms with Gasteiger partial charge in [0.15, 0.2) is 0 Å². The van der Waals surface area contributed by atoms with Gasteiger partial charge in [-0.05, 0) is 32.4 Å². The van der Waals surface area contributed by atoms with Crippen LogP contribution < -0.4 is 14.8 Å². The number of rotatable bonds is 5. The Morgan fingerprint density at radius 2 is 2.14 bits per heavy atom. The van der Waals surface area contributed by atoms with Crippen molar-refractivity contribution in [3.63, 3.8) is 0 Å². The van der Waals surface area contributed by atoms with Crippen molar-refractivity contribution in [2.24, 2.45) is 0 Å². The minimum absolute atomic E-state index is 0.00445. The Morgan fingerprint density at radius 3 is 2.95 bits per heavy atom. The fourth-order valence-corrected chi connectivity index (χ4v) is 2.95. The van der Waals surface area contributed by atoms with Crippen LogP contribution in [-0.4, -0.2) is 48.0 Å². The first-order chi connectivity index (χ1) is 10.3. The van der Waals surface area contributed by atoms with Gasteiger partial charge < -0.3 is 19.5 Å². The van der Waals surface area contributed by atoms with E-state index in [4.69, 9.17) is 14.2 Å². The monoisotopic (exact) mass is 293 g/mol. The average Bonchev–Trinajstić information content (AvgIpc) is 2.88. The first kappa shape index (κ1) is 14.5. The molecule has 0 aromatic carbocycles. The van der Waals surface area contributed by atoms with E-state index in [9.17, 15) is 0 Å². The molecular weight excluding hydrogens is 270 g/mol. The van der Waals surface area contributed by atoms with Gasteiger partial charge >= 0.3 is 0 Å². The van der Waals surface area contributed by atoms with Crippen molar-refractivity contribution in [3.05, 3.63) is 12.4 Å². The van der Waals surface area contributed by atoms with Crippen molar-refractivity contribution in [1.29, 1.82) is 0 Å². The van der Waals surface area contributed by atoms with Gasteiger partial charge in [0.25, 0.3) is 0 Å². The number of piperidine rings is 1. The summed E-state index contributed by atoms with van der Waals surface area (Å²) in [7, 11) is 0. The number of ether oxygens (including phenoxy) is 3. The molecule has 3 heterocycles. The lowest BCUT2D eigenvalue weighted by molar-refractivity contribution is -0.0206. The largest absolute Gasteiger partial charge is 0.478 e. The summed E-state index contributed by atoms with van der Waals surface area (Å²) >= 11 is 0. The molecule has 0 amide bonds. The van der Waals surface area contributed by atoms with Gasteiger partial charge in [-0.2, -0.15) is 0 Å². The Balaban J connectivity index is 1.57. The van der Waals surface area contributed by atoms with Crippen LogP contribution in [0.1, 0.15) is 32.6 Å². The summed E-state index contributed by atoms with van der Waals surface area (Å²) in [5.41, 5.74) is 0.00445. The topological polar surface area (TPSA) is 65.5 Å². The number of hydrogen-bond acceptors (Lipinski definition) is 6. The van der Waals surface area contributed by atoms with Crippen molar-refractivity contribution >= 4 is 0 Å². The summed E-state index contributed by atoms with van der Waals surface area (Å²) < 4.78 is 17.5. The maximum atomic E-state index is 6.02.